The molecule has 0 aliphatic carbocycles. The fraction of sp³-hybridized carbons (Fsp3) is 0.533. The molecule has 0 saturated heterocycles. The van der Waals surface area contributed by atoms with Gasteiger partial charge in [0.25, 0.3) is 0 Å². The standard InChI is InChI=1S/C15H21BrO2/c1-5-10(2)18-14-8-6-7-13(9-14)11(3)15(16)12(4)17/h6-11,15H,5H2,1-4H3. The quantitative estimate of drug-likeness (QED) is 0.731. The second-order valence-electron chi connectivity index (χ2n) is 4.71. The first-order valence-corrected chi connectivity index (χ1v) is 7.28. The maximum absolute atomic E-state index is 11.4. The Balaban J connectivity index is 2.84. The summed E-state index contributed by atoms with van der Waals surface area (Å²) in [4.78, 5) is 11.2. The second kappa shape index (κ2) is 6.93. The number of hydrogen-bond acceptors (Lipinski definition) is 2. The van der Waals surface area contributed by atoms with Crippen molar-refractivity contribution in [3.63, 3.8) is 0 Å². The molecule has 3 unspecified atom stereocenters. The maximum Gasteiger partial charge on any atom is 0.144 e. The van der Waals surface area contributed by atoms with Gasteiger partial charge in [-0.2, -0.15) is 0 Å². The largest absolute Gasteiger partial charge is 0.491 e. The third kappa shape index (κ3) is 4.13. The van der Waals surface area contributed by atoms with Crippen molar-refractivity contribution in [1.82, 2.24) is 0 Å². The molecule has 0 fully saturated rings. The van der Waals surface area contributed by atoms with E-state index in [0.717, 1.165) is 17.7 Å². The number of rotatable bonds is 6. The fourth-order valence-corrected chi connectivity index (χ4v) is 2.01. The highest BCUT2D eigenvalue weighted by atomic mass is 79.9. The predicted octanol–water partition coefficient (Wildman–Crippen LogP) is 4.32. The van der Waals surface area contributed by atoms with Crippen LogP contribution in [-0.2, 0) is 4.79 Å². The summed E-state index contributed by atoms with van der Waals surface area (Å²) in [5.74, 6) is 1.16. The number of ketones is 1. The molecule has 0 heterocycles. The lowest BCUT2D eigenvalue weighted by molar-refractivity contribution is -0.116. The van der Waals surface area contributed by atoms with Gasteiger partial charge in [0.15, 0.2) is 0 Å². The molecule has 0 aromatic heterocycles. The van der Waals surface area contributed by atoms with E-state index in [1.807, 2.05) is 31.2 Å². The van der Waals surface area contributed by atoms with E-state index in [0.29, 0.717) is 0 Å². The lowest BCUT2D eigenvalue weighted by Crippen LogP contribution is -2.17. The normalized spacial score (nSPS) is 15.8. The average molecular weight is 313 g/mol. The predicted molar refractivity (Wildman–Crippen MR) is 78.6 cm³/mol. The van der Waals surface area contributed by atoms with Crippen molar-refractivity contribution < 1.29 is 9.53 Å². The van der Waals surface area contributed by atoms with Crippen molar-refractivity contribution in [2.75, 3.05) is 0 Å². The first-order chi connectivity index (χ1) is 8.45. The van der Waals surface area contributed by atoms with Gasteiger partial charge in [-0.05, 0) is 38.0 Å². The van der Waals surface area contributed by atoms with Gasteiger partial charge in [-0.25, -0.2) is 0 Å². The second-order valence-corrected chi connectivity index (χ2v) is 5.70. The van der Waals surface area contributed by atoms with Gasteiger partial charge in [0, 0.05) is 5.92 Å². The van der Waals surface area contributed by atoms with Crippen LogP contribution < -0.4 is 4.74 Å². The summed E-state index contributed by atoms with van der Waals surface area (Å²) in [5, 5.41) is 0. The van der Waals surface area contributed by atoms with Crippen molar-refractivity contribution in [2.24, 2.45) is 0 Å². The van der Waals surface area contributed by atoms with E-state index >= 15 is 0 Å². The lowest BCUT2D eigenvalue weighted by atomic mass is 9.96. The summed E-state index contributed by atoms with van der Waals surface area (Å²) in [5.41, 5.74) is 1.12. The summed E-state index contributed by atoms with van der Waals surface area (Å²) in [6.07, 6.45) is 1.19. The zero-order valence-corrected chi connectivity index (χ0v) is 13.0. The first kappa shape index (κ1) is 15.2. The van der Waals surface area contributed by atoms with Crippen LogP contribution in [0.2, 0.25) is 0 Å². The molecule has 2 nitrogen and oxygen atoms in total. The average Bonchev–Trinajstić information content (AvgIpc) is 2.37. The Labute approximate surface area is 118 Å². The first-order valence-electron chi connectivity index (χ1n) is 6.36. The Morgan fingerprint density at radius 1 is 1.39 bits per heavy atom. The summed E-state index contributed by atoms with van der Waals surface area (Å²) in [6.45, 7) is 7.80. The van der Waals surface area contributed by atoms with Crippen LogP contribution >= 0.6 is 15.9 Å². The molecule has 0 aliphatic rings. The van der Waals surface area contributed by atoms with Crippen molar-refractivity contribution in [3.05, 3.63) is 29.8 Å². The zero-order chi connectivity index (χ0) is 13.7. The zero-order valence-electron chi connectivity index (χ0n) is 11.4. The number of Topliss-reactive ketones (excluding diaryl/α,β-unsaturated/α-hetero) is 1. The van der Waals surface area contributed by atoms with Gasteiger partial charge in [0.1, 0.15) is 11.5 Å². The maximum atomic E-state index is 11.4. The van der Waals surface area contributed by atoms with Crippen molar-refractivity contribution in [2.45, 2.75) is 51.0 Å². The molecule has 0 N–H and O–H groups in total. The Kier molecular flexibility index (Phi) is 5.86. The highest BCUT2D eigenvalue weighted by Gasteiger charge is 2.20. The van der Waals surface area contributed by atoms with E-state index in [9.17, 15) is 4.79 Å². The number of benzene rings is 1. The van der Waals surface area contributed by atoms with Crippen LogP contribution in [0.4, 0.5) is 0 Å². The van der Waals surface area contributed by atoms with Crippen LogP contribution in [0, 0.1) is 0 Å². The Morgan fingerprint density at radius 3 is 2.61 bits per heavy atom. The molecule has 1 rings (SSSR count). The number of alkyl halides is 1. The molecular formula is C15H21BrO2. The molecule has 0 amide bonds. The molecule has 3 atom stereocenters. The number of ether oxygens (including phenoxy) is 1. The van der Waals surface area contributed by atoms with E-state index < -0.39 is 0 Å². The van der Waals surface area contributed by atoms with E-state index in [1.54, 1.807) is 6.92 Å². The van der Waals surface area contributed by atoms with Crippen LogP contribution in [-0.4, -0.2) is 16.7 Å². The fourth-order valence-electron chi connectivity index (χ4n) is 1.71. The third-order valence-electron chi connectivity index (χ3n) is 3.12. The molecule has 0 spiro atoms. The topological polar surface area (TPSA) is 26.3 Å². The van der Waals surface area contributed by atoms with Gasteiger partial charge in [-0.1, -0.05) is 41.9 Å². The van der Waals surface area contributed by atoms with Gasteiger partial charge in [0.05, 0.1) is 10.9 Å². The number of carbonyl (C=O) groups excluding carboxylic acids is 1. The van der Waals surface area contributed by atoms with E-state index in [-0.39, 0.29) is 22.6 Å². The van der Waals surface area contributed by atoms with Gasteiger partial charge >= 0.3 is 0 Å². The van der Waals surface area contributed by atoms with E-state index in [2.05, 4.69) is 29.8 Å². The molecule has 3 heteroatoms. The van der Waals surface area contributed by atoms with Crippen LogP contribution in [0.15, 0.2) is 24.3 Å². The molecule has 18 heavy (non-hydrogen) atoms. The van der Waals surface area contributed by atoms with Crippen molar-refractivity contribution in [1.29, 1.82) is 0 Å². The summed E-state index contributed by atoms with van der Waals surface area (Å²) < 4.78 is 5.79. The monoisotopic (exact) mass is 312 g/mol. The molecule has 0 aliphatic heterocycles. The minimum atomic E-state index is -0.142. The highest BCUT2D eigenvalue weighted by molar-refractivity contribution is 9.10. The summed E-state index contributed by atoms with van der Waals surface area (Å²) in [6, 6.07) is 7.99. The smallest absolute Gasteiger partial charge is 0.144 e. The Bertz CT molecular complexity index is 403. The van der Waals surface area contributed by atoms with Crippen LogP contribution in [0.3, 0.4) is 0 Å². The van der Waals surface area contributed by atoms with Crippen LogP contribution in [0.5, 0.6) is 5.75 Å². The summed E-state index contributed by atoms with van der Waals surface area (Å²) in [7, 11) is 0. The molecular weight excluding hydrogens is 292 g/mol. The third-order valence-corrected chi connectivity index (χ3v) is 4.56. The molecule has 0 saturated carbocycles. The molecule has 0 bridgehead atoms. The van der Waals surface area contributed by atoms with Gasteiger partial charge < -0.3 is 4.74 Å². The van der Waals surface area contributed by atoms with Gasteiger partial charge in [-0.3, -0.25) is 4.79 Å². The van der Waals surface area contributed by atoms with Gasteiger partial charge in [-0.15, -0.1) is 0 Å². The van der Waals surface area contributed by atoms with Gasteiger partial charge in [0.2, 0.25) is 0 Å². The molecule has 0 radical (unpaired) electrons. The molecule has 1 aromatic carbocycles. The Hall–Kier alpha value is -0.830. The SMILES string of the molecule is CCC(C)Oc1cccc(C(C)C(Br)C(C)=O)c1. The minimum Gasteiger partial charge on any atom is -0.491 e. The number of carbonyl (C=O) groups is 1. The number of hydrogen-bond donors (Lipinski definition) is 0. The van der Waals surface area contributed by atoms with E-state index in [1.165, 1.54) is 0 Å². The molecule has 1 aromatic rings. The minimum absolute atomic E-state index is 0.142. The van der Waals surface area contributed by atoms with E-state index in [4.69, 9.17) is 4.74 Å². The Morgan fingerprint density at radius 2 is 2.06 bits per heavy atom. The summed E-state index contributed by atoms with van der Waals surface area (Å²) >= 11 is 3.44. The van der Waals surface area contributed by atoms with Crippen LogP contribution in [0.1, 0.15) is 45.6 Å². The molecule has 100 valence electrons. The van der Waals surface area contributed by atoms with Crippen LogP contribution in [0.25, 0.3) is 0 Å². The number of halogens is 1. The van der Waals surface area contributed by atoms with Crippen molar-refractivity contribution >= 4 is 21.7 Å². The highest BCUT2D eigenvalue weighted by Crippen LogP contribution is 2.28. The van der Waals surface area contributed by atoms with Crippen molar-refractivity contribution in [3.8, 4) is 5.75 Å². The lowest BCUT2D eigenvalue weighted by Gasteiger charge is -2.18.